The van der Waals surface area contributed by atoms with Crippen LogP contribution in [0.5, 0.6) is 5.75 Å². The van der Waals surface area contributed by atoms with Gasteiger partial charge in [-0.15, -0.1) is 0 Å². The van der Waals surface area contributed by atoms with E-state index in [1.165, 1.54) is 6.92 Å². The number of hydrogen-bond acceptors (Lipinski definition) is 4. The molecule has 0 aliphatic heterocycles. The Morgan fingerprint density at radius 3 is 2.42 bits per heavy atom. The van der Waals surface area contributed by atoms with Crippen LogP contribution >= 0.6 is 0 Å². The maximum absolute atomic E-state index is 12.3. The fourth-order valence-corrected chi connectivity index (χ4v) is 2.15. The van der Waals surface area contributed by atoms with Crippen LogP contribution in [0.4, 0.5) is 0 Å². The first-order valence-corrected chi connectivity index (χ1v) is 7.37. The van der Waals surface area contributed by atoms with E-state index < -0.39 is 5.97 Å². The number of nitrogens with two attached hydrogens (primary N) is 1. The highest BCUT2D eigenvalue weighted by Crippen LogP contribution is 2.18. The summed E-state index contributed by atoms with van der Waals surface area (Å²) in [5.74, 6) is -0.347. The molecule has 0 aliphatic carbocycles. The number of amides is 1. The first-order valence-electron chi connectivity index (χ1n) is 7.37. The highest BCUT2D eigenvalue weighted by molar-refractivity contribution is 5.96. The Bertz CT molecular complexity index is 783. The van der Waals surface area contributed by atoms with Crippen LogP contribution in [-0.2, 0) is 11.3 Å². The Hall–Kier alpha value is -3.15. The minimum atomic E-state index is -0.434. The van der Waals surface area contributed by atoms with Crippen molar-refractivity contribution in [1.29, 1.82) is 5.41 Å². The molecule has 1 amide bonds. The van der Waals surface area contributed by atoms with E-state index in [4.69, 9.17) is 15.9 Å². The number of carbonyl (C=O) groups is 2. The molecule has 2 aromatic rings. The van der Waals surface area contributed by atoms with Crippen LogP contribution in [0.3, 0.4) is 0 Å². The zero-order chi connectivity index (χ0) is 17.7. The van der Waals surface area contributed by atoms with Crippen molar-refractivity contribution in [3.63, 3.8) is 0 Å². The number of ether oxygens (including phenoxy) is 1. The van der Waals surface area contributed by atoms with Crippen LogP contribution in [0, 0.1) is 12.3 Å². The van der Waals surface area contributed by atoms with E-state index >= 15 is 0 Å². The standard InChI is InChI=1S/C18H19N3O3/c1-11-3-8-15(24-12(2)22)9-16(11)18(23)21-10-13-4-6-14(7-5-13)17(19)20/h3-9H,10H2,1-2H3,(H3,19,20)(H,21,23). The number of aryl methyl sites for hydroxylation is 1. The number of nitrogen functional groups attached to an aromatic ring is 1. The lowest BCUT2D eigenvalue weighted by Crippen LogP contribution is -2.23. The first kappa shape index (κ1) is 17.2. The molecule has 124 valence electrons. The number of benzene rings is 2. The molecule has 2 aromatic carbocycles. The highest BCUT2D eigenvalue weighted by Gasteiger charge is 2.11. The van der Waals surface area contributed by atoms with Gasteiger partial charge < -0.3 is 15.8 Å². The second-order valence-corrected chi connectivity index (χ2v) is 5.36. The molecule has 0 heterocycles. The number of nitrogens with one attached hydrogen (secondary N) is 2. The molecule has 0 aromatic heterocycles. The fourth-order valence-electron chi connectivity index (χ4n) is 2.15. The van der Waals surface area contributed by atoms with Gasteiger partial charge >= 0.3 is 5.97 Å². The van der Waals surface area contributed by atoms with E-state index in [2.05, 4.69) is 5.32 Å². The third-order valence-corrected chi connectivity index (χ3v) is 3.43. The summed E-state index contributed by atoms with van der Waals surface area (Å²) in [5.41, 5.74) is 8.17. The molecule has 0 radical (unpaired) electrons. The van der Waals surface area contributed by atoms with E-state index in [1.54, 1.807) is 42.5 Å². The fraction of sp³-hybridized carbons (Fsp3) is 0.167. The van der Waals surface area contributed by atoms with Gasteiger partial charge in [-0.25, -0.2) is 0 Å². The van der Waals surface area contributed by atoms with Gasteiger partial charge in [0.05, 0.1) is 0 Å². The minimum Gasteiger partial charge on any atom is -0.427 e. The average Bonchev–Trinajstić information content (AvgIpc) is 2.54. The van der Waals surface area contributed by atoms with Crippen molar-refractivity contribution in [1.82, 2.24) is 5.32 Å². The molecule has 6 nitrogen and oxygen atoms in total. The summed E-state index contributed by atoms with van der Waals surface area (Å²) in [6, 6.07) is 12.0. The zero-order valence-corrected chi connectivity index (χ0v) is 13.6. The van der Waals surface area contributed by atoms with Gasteiger partial charge in [-0.2, -0.15) is 0 Å². The van der Waals surface area contributed by atoms with Gasteiger partial charge in [0.15, 0.2) is 0 Å². The lowest BCUT2D eigenvalue weighted by atomic mass is 10.1. The van der Waals surface area contributed by atoms with Crippen molar-refractivity contribution in [3.05, 3.63) is 64.7 Å². The molecule has 0 saturated heterocycles. The van der Waals surface area contributed by atoms with Crippen LogP contribution in [-0.4, -0.2) is 17.7 Å². The van der Waals surface area contributed by atoms with Crippen molar-refractivity contribution in [3.8, 4) is 5.75 Å². The van der Waals surface area contributed by atoms with Crippen molar-refractivity contribution < 1.29 is 14.3 Å². The van der Waals surface area contributed by atoms with E-state index in [0.717, 1.165) is 11.1 Å². The lowest BCUT2D eigenvalue weighted by molar-refractivity contribution is -0.131. The third-order valence-electron chi connectivity index (χ3n) is 3.43. The molecule has 4 N–H and O–H groups in total. The van der Waals surface area contributed by atoms with E-state index in [0.29, 0.717) is 23.4 Å². The smallest absolute Gasteiger partial charge is 0.308 e. The van der Waals surface area contributed by atoms with Gasteiger partial charge in [-0.1, -0.05) is 30.3 Å². The number of esters is 1. The van der Waals surface area contributed by atoms with Crippen molar-refractivity contribution in [2.45, 2.75) is 20.4 Å². The highest BCUT2D eigenvalue weighted by atomic mass is 16.5. The van der Waals surface area contributed by atoms with Crippen molar-refractivity contribution in [2.75, 3.05) is 0 Å². The van der Waals surface area contributed by atoms with Crippen molar-refractivity contribution >= 4 is 17.7 Å². The lowest BCUT2D eigenvalue weighted by Gasteiger charge is -2.10. The van der Waals surface area contributed by atoms with Crippen LogP contribution in [0.2, 0.25) is 0 Å². The second kappa shape index (κ2) is 7.41. The second-order valence-electron chi connectivity index (χ2n) is 5.36. The molecular formula is C18H19N3O3. The molecule has 0 fully saturated rings. The molecule has 2 rings (SSSR count). The summed E-state index contributed by atoms with van der Waals surface area (Å²) < 4.78 is 5.01. The normalized spacial score (nSPS) is 10.1. The average molecular weight is 325 g/mol. The Labute approximate surface area is 140 Å². The molecule has 24 heavy (non-hydrogen) atoms. The third kappa shape index (κ3) is 4.42. The summed E-state index contributed by atoms with van der Waals surface area (Å²) in [7, 11) is 0. The van der Waals surface area contributed by atoms with Crippen LogP contribution in [0.15, 0.2) is 42.5 Å². The summed E-state index contributed by atoms with van der Waals surface area (Å²) in [6.07, 6.45) is 0. The SMILES string of the molecule is CC(=O)Oc1ccc(C)c(C(=O)NCc2ccc(C(=N)N)cc2)c1. The Balaban J connectivity index is 2.06. The van der Waals surface area contributed by atoms with Crippen molar-refractivity contribution in [2.24, 2.45) is 5.73 Å². The molecular weight excluding hydrogens is 306 g/mol. The zero-order valence-electron chi connectivity index (χ0n) is 13.6. The predicted octanol–water partition coefficient (Wildman–Crippen LogP) is 2.13. The largest absolute Gasteiger partial charge is 0.427 e. The number of amidine groups is 1. The number of hydrogen-bond donors (Lipinski definition) is 3. The van der Waals surface area contributed by atoms with Gasteiger partial charge in [0, 0.05) is 24.6 Å². The summed E-state index contributed by atoms with van der Waals surface area (Å²) in [5, 5.41) is 10.2. The summed E-state index contributed by atoms with van der Waals surface area (Å²) in [6.45, 7) is 3.46. The van der Waals surface area contributed by atoms with Crippen LogP contribution in [0.1, 0.15) is 34.0 Å². The van der Waals surface area contributed by atoms with Crippen LogP contribution in [0.25, 0.3) is 0 Å². The maximum Gasteiger partial charge on any atom is 0.308 e. The van der Waals surface area contributed by atoms with Gasteiger partial charge in [-0.05, 0) is 30.2 Å². The molecule has 0 bridgehead atoms. The van der Waals surface area contributed by atoms with Gasteiger partial charge in [0.2, 0.25) is 0 Å². The van der Waals surface area contributed by atoms with Gasteiger partial charge in [0.1, 0.15) is 11.6 Å². The van der Waals surface area contributed by atoms with E-state index in [9.17, 15) is 9.59 Å². The molecule has 0 spiro atoms. The summed E-state index contributed by atoms with van der Waals surface area (Å²) >= 11 is 0. The first-order chi connectivity index (χ1) is 11.4. The molecule has 0 saturated carbocycles. The van der Waals surface area contributed by atoms with Gasteiger partial charge in [-0.3, -0.25) is 15.0 Å². The van der Waals surface area contributed by atoms with E-state index in [1.807, 2.05) is 6.92 Å². The topological polar surface area (TPSA) is 105 Å². The Kier molecular flexibility index (Phi) is 5.31. The Morgan fingerprint density at radius 1 is 1.17 bits per heavy atom. The molecule has 0 aliphatic rings. The molecule has 6 heteroatoms. The van der Waals surface area contributed by atoms with E-state index in [-0.39, 0.29) is 11.7 Å². The Morgan fingerprint density at radius 2 is 1.83 bits per heavy atom. The van der Waals surface area contributed by atoms with Crippen LogP contribution < -0.4 is 15.8 Å². The maximum atomic E-state index is 12.3. The number of carbonyl (C=O) groups excluding carboxylic acids is 2. The minimum absolute atomic E-state index is 0.00324. The summed E-state index contributed by atoms with van der Waals surface area (Å²) in [4.78, 5) is 23.4. The predicted molar refractivity (Wildman–Crippen MR) is 91.1 cm³/mol. The monoisotopic (exact) mass is 325 g/mol. The van der Waals surface area contributed by atoms with Gasteiger partial charge in [0.25, 0.3) is 5.91 Å². The number of rotatable bonds is 5. The molecule has 0 atom stereocenters. The quantitative estimate of drug-likeness (QED) is 0.339. The molecule has 0 unspecified atom stereocenters.